The molecular formula is C17H27N5O. The maximum absolute atomic E-state index is 6.01. The van der Waals surface area contributed by atoms with Gasteiger partial charge in [-0.25, -0.2) is 4.98 Å². The van der Waals surface area contributed by atoms with Crippen LogP contribution in [0.5, 0.6) is 0 Å². The molecule has 6 heteroatoms. The first-order valence-corrected chi connectivity index (χ1v) is 8.59. The van der Waals surface area contributed by atoms with Crippen LogP contribution < -0.4 is 4.90 Å². The molecule has 0 N–H and O–H groups in total. The normalized spacial score (nSPS) is 23.0. The van der Waals surface area contributed by atoms with E-state index >= 15 is 0 Å². The minimum absolute atomic E-state index is 0.203. The van der Waals surface area contributed by atoms with Gasteiger partial charge >= 0.3 is 0 Å². The topological polar surface area (TPSA) is 55.5 Å². The molecule has 1 fully saturated rings. The summed E-state index contributed by atoms with van der Waals surface area (Å²) in [5.74, 6) is 1.71. The lowest BCUT2D eigenvalue weighted by Gasteiger charge is -2.58. The van der Waals surface area contributed by atoms with Gasteiger partial charge in [0.1, 0.15) is 12.1 Å². The smallest absolute Gasteiger partial charge is 0.254 e. The highest BCUT2D eigenvalue weighted by Gasteiger charge is 2.55. The van der Waals surface area contributed by atoms with Crippen molar-refractivity contribution in [2.24, 2.45) is 5.41 Å². The van der Waals surface area contributed by atoms with Gasteiger partial charge in [0, 0.05) is 36.9 Å². The summed E-state index contributed by atoms with van der Waals surface area (Å²) in [7, 11) is 2.16. The second-order valence-electron chi connectivity index (χ2n) is 6.47. The molecule has 0 aliphatic heterocycles. The van der Waals surface area contributed by atoms with E-state index in [4.69, 9.17) is 4.74 Å². The van der Waals surface area contributed by atoms with Crippen LogP contribution in [0.2, 0.25) is 0 Å². The molecule has 2 heterocycles. The fourth-order valence-electron chi connectivity index (χ4n) is 4.20. The first kappa shape index (κ1) is 16.2. The molecule has 6 nitrogen and oxygen atoms in total. The molecule has 0 spiro atoms. The van der Waals surface area contributed by atoms with Gasteiger partial charge in [-0.1, -0.05) is 13.8 Å². The summed E-state index contributed by atoms with van der Waals surface area (Å²) < 4.78 is 7.84. The van der Waals surface area contributed by atoms with Crippen molar-refractivity contribution in [2.75, 3.05) is 18.6 Å². The minimum Gasteiger partial charge on any atom is -0.378 e. The standard InChI is InChI=1S/C17H27N5O/c1-6-17(7-2)13(10-14(17)23-8-3)21(5)15-9-12(4)20-16-18-11-19-22(15)16/h9,11,13-14H,6-8,10H2,1-5H3. The first-order valence-electron chi connectivity index (χ1n) is 8.59. The molecule has 1 aliphatic carbocycles. The van der Waals surface area contributed by atoms with Gasteiger partial charge in [0.05, 0.1) is 6.10 Å². The van der Waals surface area contributed by atoms with E-state index in [1.165, 1.54) is 0 Å². The van der Waals surface area contributed by atoms with Gasteiger partial charge in [-0.2, -0.15) is 14.6 Å². The van der Waals surface area contributed by atoms with Crippen LogP contribution in [0.3, 0.4) is 0 Å². The lowest BCUT2D eigenvalue weighted by molar-refractivity contribution is -0.128. The Morgan fingerprint density at radius 2 is 2.09 bits per heavy atom. The fourth-order valence-corrected chi connectivity index (χ4v) is 4.20. The maximum atomic E-state index is 6.01. The molecule has 1 saturated carbocycles. The van der Waals surface area contributed by atoms with Gasteiger partial charge in [-0.3, -0.25) is 0 Å². The van der Waals surface area contributed by atoms with Crippen molar-refractivity contribution >= 4 is 11.6 Å². The van der Waals surface area contributed by atoms with E-state index in [-0.39, 0.29) is 5.41 Å². The number of fused-ring (bicyclic) bond motifs is 1. The Balaban J connectivity index is 1.96. The highest BCUT2D eigenvalue weighted by molar-refractivity contribution is 5.48. The van der Waals surface area contributed by atoms with Crippen molar-refractivity contribution in [1.82, 2.24) is 19.6 Å². The highest BCUT2D eigenvalue weighted by atomic mass is 16.5. The van der Waals surface area contributed by atoms with E-state index < -0.39 is 0 Å². The van der Waals surface area contributed by atoms with E-state index in [1.54, 1.807) is 6.33 Å². The molecule has 2 aromatic heterocycles. The van der Waals surface area contributed by atoms with E-state index in [9.17, 15) is 0 Å². The molecule has 0 saturated heterocycles. The molecule has 3 rings (SSSR count). The summed E-state index contributed by atoms with van der Waals surface area (Å²) in [6.45, 7) is 9.42. The molecule has 2 unspecified atom stereocenters. The maximum Gasteiger partial charge on any atom is 0.254 e. The highest BCUT2D eigenvalue weighted by Crippen LogP contribution is 2.51. The van der Waals surface area contributed by atoms with Crippen LogP contribution in [-0.2, 0) is 4.74 Å². The number of aromatic nitrogens is 4. The molecule has 23 heavy (non-hydrogen) atoms. The molecule has 0 aromatic carbocycles. The van der Waals surface area contributed by atoms with Crippen LogP contribution in [-0.4, -0.2) is 45.4 Å². The van der Waals surface area contributed by atoms with Crippen molar-refractivity contribution in [1.29, 1.82) is 0 Å². The number of rotatable bonds is 6. The third-order valence-corrected chi connectivity index (χ3v) is 5.62. The number of ether oxygens (including phenoxy) is 1. The van der Waals surface area contributed by atoms with Gasteiger partial charge < -0.3 is 9.64 Å². The predicted octanol–water partition coefficient (Wildman–Crippen LogP) is 2.85. The number of anilines is 1. The molecular weight excluding hydrogens is 290 g/mol. The monoisotopic (exact) mass is 317 g/mol. The molecule has 1 aliphatic rings. The SMILES string of the molecule is CCOC1CC(N(C)c2cc(C)nc3ncnn23)C1(CC)CC. The Hall–Kier alpha value is -1.69. The van der Waals surface area contributed by atoms with E-state index in [2.05, 4.69) is 53.9 Å². The van der Waals surface area contributed by atoms with Crippen LogP contribution in [0, 0.1) is 12.3 Å². The zero-order valence-corrected chi connectivity index (χ0v) is 14.8. The zero-order chi connectivity index (χ0) is 16.6. The molecule has 0 bridgehead atoms. The number of hydrogen-bond acceptors (Lipinski definition) is 5. The molecule has 126 valence electrons. The summed E-state index contributed by atoms with van der Waals surface area (Å²) in [5, 5.41) is 4.35. The fraction of sp³-hybridized carbons (Fsp3) is 0.706. The Morgan fingerprint density at radius 3 is 2.74 bits per heavy atom. The molecule has 0 radical (unpaired) electrons. The van der Waals surface area contributed by atoms with Gasteiger partial charge in [-0.05, 0) is 33.1 Å². The van der Waals surface area contributed by atoms with Crippen molar-refractivity contribution in [3.05, 3.63) is 18.1 Å². The third kappa shape index (κ3) is 2.40. The van der Waals surface area contributed by atoms with Gasteiger partial charge in [0.15, 0.2) is 0 Å². The first-order chi connectivity index (χ1) is 11.1. The minimum atomic E-state index is 0.203. The van der Waals surface area contributed by atoms with E-state index in [0.717, 1.165) is 37.4 Å². The predicted molar refractivity (Wildman–Crippen MR) is 90.8 cm³/mol. The summed E-state index contributed by atoms with van der Waals surface area (Å²) >= 11 is 0. The molecule has 0 amide bonds. The van der Waals surface area contributed by atoms with Gasteiger partial charge in [-0.15, -0.1) is 0 Å². The lowest BCUT2D eigenvalue weighted by atomic mass is 9.58. The van der Waals surface area contributed by atoms with Crippen LogP contribution in [0.15, 0.2) is 12.4 Å². The zero-order valence-electron chi connectivity index (χ0n) is 14.8. The second-order valence-corrected chi connectivity index (χ2v) is 6.47. The van der Waals surface area contributed by atoms with Crippen LogP contribution in [0.25, 0.3) is 5.78 Å². The Morgan fingerprint density at radius 1 is 1.35 bits per heavy atom. The van der Waals surface area contributed by atoms with Gasteiger partial charge in [0.2, 0.25) is 0 Å². The summed E-state index contributed by atoms with van der Waals surface area (Å²) in [5.41, 5.74) is 1.17. The van der Waals surface area contributed by atoms with E-state index in [1.807, 2.05) is 11.4 Å². The average Bonchev–Trinajstić information content (AvgIpc) is 2.99. The number of hydrogen-bond donors (Lipinski definition) is 0. The van der Waals surface area contributed by atoms with Gasteiger partial charge in [0.25, 0.3) is 5.78 Å². The average molecular weight is 317 g/mol. The molecule has 2 atom stereocenters. The van der Waals surface area contributed by atoms with Crippen LogP contribution >= 0.6 is 0 Å². The third-order valence-electron chi connectivity index (χ3n) is 5.62. The van der Waals surface area contributed by atoms with Crippen molar-refractivity contribution in [3.63, 3.8) is 0 Å². The van der Waals surface area contributed by atoms with Crippen LogP contribution in [0.4, 0.5) is 5.82 Å². The summed E-state index contributed by atoms with van der Waals surface area (Å²) in [6.07, 6.45) is 5.21. The molecule has 2 aromatic rings. The number of nitrogens with zero attached hydrogens (tertiary/aromatic N) is 5. The Kier molecular flexibility index (Phi) is 4.27. The Bertz CT molecular complexity index is 679. The van der Waals surface area contributed by atoms with Crippen molar-refractivity contribution < 1.29 is 4.74 Å². The second kappa shape index (κ2) is 6.07. The van der Waals surface area contributed by atoms with Crippen molar-refractivity contribution in [3.8, 4) is 0 Å². The largest absolute Gasteiger partial charge is 0.378 e. The van der Waals surface area contributed by atoms with E-state index in [0.29, 0.717) is 17.9 Å². The summed E-state index contributed by atoms with van der Waals surface area (Å²) in [6, 6.07) is 2.54. The Labute approximate surface area is 137 Å². The lowest BCUT2D eigenvalue weighted by Crippen LogP contribution is -2.64. The van der Waals surface area contributed by atoms with Crippen LogP contribution in [0.1, 0.15) is 45.7 Å². The quantitative estimate of drug-likeness (QED) is 0.820. The summed E-state index contributed by atoms with van der Waals surface area (Å²) in [4.78, 5) is 11.0. The van der Waals surface area contributed by atoms with Crippen molar-refractivity contribution in [2.45, 2.75) is 59.1 Å². The number of aryl methyl sites for hydroxylation is 1.